The first-order valence-electron chi connectivity index (χ1n) is 6.62. The number of carbonyl (C=O) groups excluding carboxylic acids is 1. The van der Waals surface area contributed by atoms with Crippen molar-refractivity contribution in [1.82, 2.24) is 0 Å². The summed E-state index contributed by atoms with van der Waals surface area (Å²) in [4.78, 5) is 11.2. The second-order valence-corrected chi connectivity index (χ2v) is 4.63. The van der Waals surface area contributed by atoms with E-state index in [2.05, 4.69) is 10.8 Å². The van der Waals surface area contributed by atoms with Crippen LogP contribution in [0.5, 0.6) is 0 Å². The van der Waals surface area contributed by atoms with Gasteiger partial charge in [-0.15, -0.1) is 0 Å². The van der Waals surface area contributed by atoms with E-state index in [-0.39, 0.29) is 5.97 Å². The molecule has 0 fully saturated rings. The van der Waals surface area contributed by atoms with Crippen LogP contribution in [0.3, 0.4) is 0 Å². The lowest BCUT2D eigenvalue weighted by Gasteiger charge is -2.23. The molecule has 3 nitrogen and oxygen atoms in total. The smallest absolute Gasteiger partial charge is 0.330 e. The molecule has 0 bridgehead atoms. The van der Waals surface area contributed by atoms with Crippen LogP contribution in [0.15, 0.2) is 35.1 Å². The van der Waals surface area contributed by atoms with Crippen molar-refractivity contribution in [2.24, 2.45) is 0 Å². The molecule has 1 aliphatic carbocycles. The molecule has 0 aromatic rings. The van der Waals surface area contributed by atoms with Gasteiger partial charge in [-0.05, 0) is 55.7 Å². The Morgan fingerprint density at radius 1 is 1.33 bits per heavy atom. The van der Waals surface area contributed by atoms with E-state index in [0.717, 1.165) is 38.0 Å². The third-order valence-corrected chi connectivity index (χ3v) is 3.37. The molecular formula is C15H20O3. The van der Waals surface area contributed by atoms with Gasteiger partial charge in [0, 0.05) is 6.08 Å². The number of ether oxygens (including phenoxy) is 2. The van der Waals surface area contributed by atoms with Crippen molar-refractivity contribution in [3.8, 4) is 0 Å². The van der Waals surface area contributed by atoms with Crippen LogP contribution in [0.1, 0.15) is 38.5 Å². The van der Waals surface area contributed by atoms with E-state index >= 15 is 0 Å². The number of allylic oxidation sites excluding steroid dienone is 4. The van der Waals surface area contributed by atoms with Gasteiger partial charge in [0.1, 0.15) is 5.76 Å². The fraction of sp³-hybridized carbons (Fsp3) is 0.533. The maximum atomic E-state index is 11.2. The maximum absolute atomic E-state index is 11.2. The van der Waals surface area contributed by atoms with Crippen LogP contribution in [0.25, 0.3) is 0 Å². The van der Waals surface area contributed by atoms with Gasteiger partial charge in [-0.25, -0.2) is 4.79 Å². The maximum Gasteiger partial charge on any atom is 0.330 e. The van der Waals surface area contributed by atoms with Gasteiger partial charge in [0.05, 0.1) is 13.7 Å². The van der Waals surface area contributed by atoms with Crippen molar-refractivity contribution in [3.05, 3.63) is 35.1 Å². The Kier molecular flexibility index (Phi) is 4.62. The van der Waals surface area contributed by atoms with E-state index in [1.165, 1.54) is 37.2 Å². The average molecular weight is 248 g/mol. The lowest BCUT2D eigenvalue weighted by Crippen LogP contribution is -2.08. The molecule has 0 aromatic heterocycles. The van der Waals surface area contributed by atoms with Gasteiger partial charge < -0.3 is 9.47 Å². The molecule has 0 atom stereocenters. The molecule has 0 unspecified atom stereocenters. The molecule has 3 heteroatoms. The fourth-order valence-electron chi connectivity index (χ4n) is 2.40. The van der Waals surface area contributed by atoms with Gasteiger partial charge >= 0.3 is 5.97 Å². The molecule has 2 aliphatic rings. The van der Waals surface area contributed by atoms with Crippen LogP contribution in [-0.2, 0) is 14.3 Å². The monoisotopic (exact) mass is 248 g/mol. The van der Waals surface area contributed by atoms with Crippen molar-refractivity contribution >= 4 is 5.97 Å². The topological polar surface area (TPSA) is 35.5 Å². The average Bonchev–Trinajstić information content (AvgIpc) is 2.46. The molecule has 2 rings (SSSR count). The third-order valence-electron chi connectivity index (χ3n) is 3.37. The minimum absolute atomic E-state index is 0.300. The van der Waals surface area contributed by atoms with Crippen molar-refractivity contribution in [2.45, 2.75) is 38.5 Å². The number of hydrogen-bond acceptors (Lipinski definition) is 3. The third kappa shape index (κ3) is 3.25. The largest absolute Gasteiger partial charge is 0.494 e. The quantitative estimate of drug-likeness (QED) is 0.568. The van der Waals surface area contributed by atoms with Gasteiger partial charge in [0.25, 0.3) is 0 Å². The van der Waals surface area contributed by atoms with Gasteiger partial charge in [-0.1, -0.05) is 6.08 Å². The molecule has 0 saturated heterocycles. The Morgan fingerprint density at radius 2 is 2.17 bits per heavy atom. The first kappa shape index (κ1) is 12.9. The molecular weight excluding hydrogens is 228 g/mol. The van der Waals surface area contributed by atoms with E-state index in [0.29, 0.717) is 0 Å². The van der Waals surface area contributed by atoms with Crippen LogP contribution in [0.2, 0.25) is 0 Å². The predicted octanol–water partition coefficient (Wildman–Crippen LogP) is 3.28. The summed E-state index contributed by atoms with van der Waals surface area (Å²) in [6.07, 6.45) is 12.2. The summed E-state index contributed by atoms with van der Waals surface area (Å²) < 4.78 is 10.4. The molecule has 98 valence electrons. The zero-order valence-corrected chi connectivity index (χ0v) is 10.9. The second kappa shape index (κ2) is 6.43. The minimum Gasteiger partial charge on any atom is -0.494 e. The molecule has 0 aromatic carbocycles. The molecule has 0 amide bonds. The Labute approximate surface area is 108 Å². The number of hydrogen-bond donors (Lipinski definition) is 0. The summed E-state index contributed by atoms with van der Waals surface area (Å²) in [6, 6.07) is 0. The lowest BCUT2D eigenvalue weighted by atomic mass is 9.89. The van der Waals surface area contributed by atoms with Crippen molar-refractivity contribution in [2.75, 3.05) is 13.7 Å². The number of esters is 1. The highest BCUT2D eigenvalue weighted by Gasteiger charge is 2.17. The second-order valence-electron chi connectivity index (χ2n) is 4.63. The van der Waals surface area contributed by atoms with E-state index in [9.17, 15) is 4.79 Å². The lowest BCUT2D eigenvalue weighted by molar-refractivity contribution is -0.134. The van der Waals surface area contributed by atoms with Crippen LogP contribution in [-0.4, -0.2) is 19.7 Å². The van der Waals surface area contributed by atoms with E-state index in [1.54, 1.807) is 0 Å². The first-order valence-corrected chi connectivity index (χ1v) is 6.62. The zero-order valence-electron chi connectivity index (χ0n) is 10.9. The minimum atomic E-state index is -0.300. The first-order chi connectivity index (χ1) is 8.81. The highest BCUT2D eigenvalue weighted by atomic mass is 16.5. The van der Waals surface area contributed by atoms with Crippen LogP contribution in [0.4, 0.5) is 0 Å². The Hall–Kier alpha value is -1.51. The summed E-state index contributed by atoms with van der Waals surface area (Å²) in [7, 11) is 1.40. The Balaban J connectivity index is 2.20. The summed E-state index contributed by atoms with van der Waals surface area (Å²) in [5.41, 5.74) is 2.50. The van der Waals surface area contributed by atoms with Gasteiger partial charge in [0.2, 0.25) is 0 Å². The van der Waals surface area contributed by atoms with Crippen LogP contribution < -0.4 is 0 Å². The normalized spacial score (nSPS) is 20.6. The fourth-order valence-corrected chi connectivity index (χ4v) is 2.40. The molecule has 1 heterocycles. The molecule has 0 spiro atoms. The number of carbonyl (C=O) groups is 1. The van der Waals surface area contributed by atoms with E-state index in [4.69, 9.17) is 4.74 Å². The van der Waals surface area contributed by atoms with Crippen molar-refractivity contribution in [1.29, 1.82) is 0 Å². The zero-order chi connectivity index (χ0) is 12.8. The summed E-state index contributed by atoms with van der Waals surface area (Å²) in [6.45, 7) is 0.809. The number of methoxy groups -OCH3 is 1. The van der Waals surface area contributed by atoms with Crippen LogP contribution >= 0.6 is 0 Å². The van der Waals surface area contributed by atoms with Gasteiger partial charge in [0.15, 0.2) is 0 Å². The molecule has 0 saturated carbocycles. The molecule has 0 N–H and O–H groups in total. The standard InChI is InChI=1S/C15H20O3/c1-17-15(16)10-9-12-6-2-3-7-13(12)14-8-4-5-11-18-14/h8-10H,2-7,11H2,1H3/b10-9+. The highest BCUT2D eigenvalue weighted by molar-refractivity contribution is 5.82. The summed E-state index contributed by atoms with van der Waals surface area (Å²) in [5.74, 6) is 0.733. The van der Waals surface area contributed by atoms with E-state index < -0.39 is 0 Å². The highest BCUT2D eigenvalue weighted by Crippen LogP contribution is 2.32. The summed E-state index contributed by atoms with van der Waals surface area (Å²) >= 11 is 0. The molecule has 1 aliphatic heterocycles. The SMILES string of the molecule is COC(=O)/C=C/C1=C(C2=CCCCO2)CCCC1. The summed E-state index contributed by atoms with van der Waals surface area (Å²) in [5, 5.41) is 0. The van der Waals surface area contributed by atoms with Crippen LogP contribution in [0, 0.1) is 0 Å². The number of rotatable bonds is 3. The Bertz CT molecular complexity index is 402. The predicted molar refractivity (Wildman–Crippen MR) is 69.9 cm³/mol. The van der Waals surface area contributed by atoms with E-state index in [1.807, 2.05) is 6.08 Å². The Morgan fingerprint density at radius 3 is 2.89 bits per heavy atom. The van der Waals surface area contributed by atoms with Gasteiger partial charge in [-0.3, -0.25) is 0 Å². The molecule has 0 radical (unpaired) electrons. The van der Waals surface area contributed by atoms with Crippen molar-refractivity contribution in [3.63, 3.8) is 0 Å². The molecule has 18 heavy (non-hydrogen) atoms. The van der Waals surface area contributed by atoms with Gasteiger partial charge in [-0.2, -0.15) is 0 Å². The van der Waals surface area contributed by atoms with Crippen molar-refractivity contribution < 1.29 is 14.3 Å².